The summed E-state index contributed by atoms with van der Waals surface area (Å²) in [5.41, 5.74) is 0.863. The first kappa shape index (κ1) is 17.4. The van der Waals surface area contributed by atoms with Gasteiger partial charge in [0.2, 0.25) is 0 Å². The van der Waals surface area contributed by atoms with Crippen molar-refractivity contribution in [3.63, 3.8) is 0 Å². The van der Waals surface area contributed by atoms with E-state index in [4.69, 9.17) is 0 Å². The molecule has 0 radical (unpaired) electrons. The van der Waals surface area contributed by atoms with Crippen LogP contribution in [-0.2, 0) is 0 Å². The fourth-order valence-corrected chi connectivity index (χ4v) is 2.24. The first-order valence-corrected chi connectivity index (χ1v) is 7.45. The molecule has 8 heteroatoms. The van der Waals surface area contributed by atoms with Crippen molar-refractivity contribution in [1.82, 2.24) is 14.8 Å². The number of aromatic nitrogens is 3. The van der Waals surface area contributed by atoms with Crippen molar-refractivity contribution in [2.24, 2.45) is 0 Å². The molecule has 26 heavy (non-hydrogen) atoms. The highest BCUT2D eigenvalue weighted by Gasteiger charge is 2.08. The Hall–Kier alpha value is -3.42. The molecule has 0 aliphatic rings. The Labute approximate surface area is 146 Å². The third kappa shape index (κ3) is 4.15. The summed E-state index contributed by atoms with van der Waals surface area (Å²) < 4.78 is 44.1. The number of carbonyl (C=O) groups excluding carboxylic acids is 1. The van der Waals surface area contributed by atoms with Crippen LogP contribution in [-0.4, -0.2) is 27.2 Å². The number of ketones is 1. The molecular formula is C18H12F3N3O2. The minimum Gasteiger partial charge on any atom is -0.435 e. The van der Waals surface area contributed by atoms with Gasteiger partial charge in [0.15, 0.2) is 5.78 Å². The number of hydrogen-bond donors (Lipinski definition) is 0. The molecule has 132 valence electrons. The lowest BCUT2D eigenvalue weighted by Crippen LogP contribution is -2.03. The van der Waals surface area contributed by atoms with E-state index in [-0.39, 0.29) is 17.0 Å². The van der Waals surface area contributed by atoms with E-state index < -0.39 is 18.2 Å². The van der Waals surface area contributed by atoms with Crippen molar-refractivity contribution < 1.29 is 22.7 Å². The number of ether oxygens (including phenoxy) is 1. The number of benzene rings is 2. The fourth-order valence-electron chi connectivity index (χ4n) is 2.24. The van der Waals surface area contributed by atoms with E-state index >= 15 is 0 Å². The van der Waals surface area contributed by atoms with Crippen LogP contribution in [0.2, 0.25) is 0 Å². The maximum Gasteiger partial charge on any atom is 0.387 e. The number of carbonyl (C=O) groups is 1. The molecule has 0 fully saturated rings. The summed E-state index contributed by atoms with van der Waals surface area (Å²) in [5, 5.41) is 3.85. The molecule has 0 atom stereocenters. The molecule has 3 aromatic rings. The molecule has 0 aliphatic carbocycles. The Morgan fingerprint density at radius 1 is 1.19 bits per heavy atom. The summed E-state index contributed by atoms with van der Waals surface area (Å²) in [6.07, 6.45) is 5.31. The molecule has 0 saturated heterocycles. The second-order valence-electron chi connectivity index (χ2n) is 5.15. The van der Waals surface area contributed by atoms with Crippen molar-refractivity contribution in [2.75, 3.05) is 0 Å². The quantitative estimate of drug-likeness (QED) is 0.495. The van der Waals surface area contributed by atoms with Gasteiger partial charge in [-0.05, 0) is 35.9 Å². The third-order valence-electron chi connectivity index (χ3n) is 3.41. The van der Waals surface area contributed by atoms with Crippen LogP contribution in [0.25, 0.3) is 11.8 Å². The van der Waals surface area contributed by atoms with Gasteiger partial charge in [0, 0.05) is 5.56 Å². The van der Waals surface area contributed by atoms with Gasteiger partial charge in [-0.2, -0.15) is 13.9 Å². The highest BCUT2D eigenvalue weighted by Crippen LogP contribution is 2.18. The molecule has 0 spiro atoms. The molecule has 1 heterocycles. The molecule has 0 unspecified atom stereocenters. The zero-order chi connectivity index (χ0) is 18.5. The molecule has 0 aliphatic heterocycles. The zero-order valence-corrected chi connectivity index (χ0v) is 13.2. The topological polar surface area (TPSA) is 57.0 Å². The van der Waals surface area contributed by atoms with Crippen LogP contribution in [0.1, 0.15) is 15.9 Å². The molecular weight excluding hydrogens is 347 g/mol. The van der Waals surface area contributed by atoms with E-state index in [2.05, 4.69) is 14.8 Å². The van der Waals surface area contributed by atoms with Crippen LogP contribution in [0, 0.1) is 5.82 Å². The lowest BCUT2D eigenvalue weighted by atomic mass is 10.1. The van der Waals surface area contributed by atoms with Crippen LogP contribution in [0.4, 0.5) is 13.2 Å². The predicted molar refractivity (Wildman–Crippen MR) is 87.8 cm³/mol. The fraction of sp³-hybridized carbons (Fsp3) is 0.0556. The maximum absolute atomic E-state index is 14.1. The average Bonchev–Trinajstić information content (AvgIpc) is 3.13. The highest BCUT2D eigenvalue weighted by molar-refractivity contribution is 6.07. The van der Waals surface area contributed by atoms with Gasteiger partial charge in [-0.15, -0.1) is 0 Å². The molecule has 3 rings (SSSR count). The van der Waals surface area contributed by atoms with E-state index in [0.29, 0.717) is 5.56 Å². The van der Waals surface area contributed by atoms with Gasteiger partial charge in [0.25, 0.3) is 0 Å². The zero-order valence-electron chi connectivity index (χ0n) is 13.2. The molecule has 0 saturated carbocycles. The Kier molecular flexibility index (Phi) is 5.12. The van der Waals surface area contributed by atoms with Crippen molar-refractivity contribution >= 4 is 11.9 Å². The van der Waals surface area contributed by atoms with Crippen LogP contribution in [0.3, 0.4) is 0 Å². The Bertz CT molecular complexity index is 941. The summed E-state index contributed by atoms with van der Waals surface area (Å²) in [7, 11) is 0. The monoisotopic (exact) mass is 359 g/mol. The first-order chi connectivity index (χ1) is 12.5. The van der Waals surface area contributed by atoms with Crippen molar-refractivity contribution in [3.05, 3.63) is 78.1 Å². The third-order valence-corrected chi connectivity index (χ3v) is 3.41. The summed E-state index contributed by atoms with van der Waals surface area (Å²) in [6.45, 7) is -2.97. The normalized spacial score (nSPS) is 11.2. The number of alkyl halides is 2. The van der Waals surface area contributed by atoms with Gasteiger partial charge in [-0.25, -0.2) is 14.1 Å². The lowest BCUT2D eigenvalue weighted by Gasteiger charge is -2.05. The van der Waals surface area contributed by atoms with Crippen LogP contribution >= 0.6 is 0 Å². The average molecular weight is 359 g/mol. The Morgan fingerprint density at radius 3 is 2.73 bits per heavy atom. The van der Waals surface area contributed by atoms with Gasteiger partial charge in [-0.3, -0.25) is 4.79 Å². The molecule has 0 amide bonds. The number of rotatable bonds is 6. The van der Waals surface area contributed by atoms with E-state index in [9.17, 15) is 18.0 Å². The molecule has 0 N–H and O–H groups in total. The van der Waals surface area contributed by atoms with Crippen molar-refractivity contribution in [1.29, 1.82) is 0 Å². The van der Waals surface area contributed by atoms with E-state index in [1.165, 1.54) is 65.9 Å². The summed E-state index contributed by atoms with van der Waals surface area (Å²) in [6, 6.07) is 9.81. The number of nitrogens with zero attached hydrogens (tertiary/aromatic N) is 3. The van der Waals surface area contributed by atoms with Crippen LogP contribution < -0.4 is 4.74 Å². The Balaban J connectivity index is 1.75. The smallest absolute Gasteiger partial charge is 0.387 e. The molecule has 1 aromatic heterocycles. The van der Waals surface area contributed by atoms with Crippen molar-refractivity contribution in [3.8, 4) is 11.4 Å². The Morgan fingerprint density at radius 2 is 2.04 bits per heavy atom. The molecule has 5 nitrogen and oxygen atoms in total. The standard InChI is InChI=1S/C18H12F3N3O2/c19-15-8-12(4-6-16(15)24-11-22-10-23-24)5-7-17(25)13-2-1-3-14(9-13)26-18(20)21/h1-11,18H. The predicted octanol–water partition coefficient (Wildman–Crippen LogP) is 3.90. The van der Waals surface area contributed by atoms with Crippen LogP contribution in [0.5, 0.6) is 5.75 Å². The van der Waals surface area contributed by atoms with E-state index in [0.717, 1.165) is 0 Å². The van der Waals surface area contributed by atoms with Crippen LogP contribution in [0.15, 0.2) is 61.2 Å². The van der Waals surface area contributed by atoms with Gasteiger partial charge < -0.3 is 4.74 Å². The summed E-state index contributed by atoms with van der Waals surface area (Å²) >= 11 is 0. The number of allylic oxidation sites excluding steroid dienone is 1. The summed E-state index contributed by atoms with van der Waals surface area (Å²) in [5.74, 6) is -1.06. The molecule has 2 aromatic carbocycles. The lowest BCUT2D eigenvalue weighted by molar-refractivity contribution is -0.0498. The van der Waals surface area contributed by atoms with Gasteiger partial charge >= 0.3 is 6.61 Å². The second kappa shape index (κ2) is 7.64. The van der Waals surface area contributed by atoms with Gasteiger partial charge in [0.1, 0.15) is 29.9 Å². The first-order valence-electron chi connectivity index (χ1n) is 7.45. The minimum atomic E-state index is -2.97. The minimum absolute atomic E-state index is 0.109. The largest absolute Gasteiger partial charge is 0.435 e. The highest BCUT2D eigenvalue weighted by atomic mass is 19.3. The van der Waals surface area contributed by atoms with E-state index in [1.807, 2.05) is 0 Å². The van der Waals surface area contributed by atoms with Gasteiger partial charge in [-0.1, -0.05) is 24.3 Å². The number of hydrogen-bond acceptors (Lipinski definition) is 4. The SMILES string of the molecule is O=C(C=Cc1ccc(-n2cncn2)c(F)c1)c1cccc(OC(F)F)c1. The summed E-state index contributed by atoms with van der Waals surface area (Å²) in [4.78, 5) is 15.9. The molecule has 0 bridgehead atoms. The van der Waals surface area contributed by atoms with Crippen molar-refractivity contribution in [2.45, 2.75) is 6.61 Å². The maximum atomic E-state index is 14.1. The second-order valence-corrected chi connectivity index (χ2v) is 5.15. The number of halogens is 3. The van der Waals surface area contributed by atoms with E-state index in [1.54, 1.807) is 6.07 Å². The van der Waals surface area contributed by atoms with Gasteiger partial charge in [0.05, 0.1) is 0 Å².